The molecule has 0 aromatic heterocycles. The number of rotatable bonds is 0. The van der Waals surface area contributed by atoms with Crippen LogP contribution in [0.3, 0.4) is 0 Å². The minimum atomic E-state index is 0.579. The second-order valence-corrected chi connectivity index (χ2v) is 4.11. The minimum absolute atomic E-state index is 0.579. The summed E-state index contributed by atoms with van der Waals surface area (Å²) in [6, 6.07) is 8.47. The maximum atomic E-state index is 4.19. The molecule has 0 bridgehead atoms. The van der Waals surface area contributed by atoms with Crippen LogP contribution in [0.5, 0.6) is 0 Å². The summed E-state index contributed by atoms with van der Waals surface area (Å²) in [6.45, 7) is 10.6. The first-order valence-corrected chi connectivity index (χ1v) is 5.16. The molecular weight excluding hydrogens is 168 g/mol. The molecule has 14 heavy (non-hydrogen) atoms. The van der Waals surface area contributed by atoms with Crippen LogP contribution in [0.25, 0.3) is 11.1 Å². The highest BCUT2D eigenvalue weighted by atomic mass is 14.2. The topological polar surface area (TPSA) is 0 Å². The van der Waals surface area contributed by atoms with Crippen LogP contribution in [0.15, 0.2) is 37.4 Å². The zero-order valence-corrected chi connectivity index (χ0v) is 8.72. The summed E-state index contributed by atoms with van der Waals surface area (Å²) in [6.07, 6.45) is 2.27. The van der Waals surface area contributed by atoms with Crippen LogP contribution in [0.2, 0.25) is 0 Å². The Bertz CT molecular complexity index is 385. The molecule has 0 radical (unpaired) electrons. The Kier molecular flexibility index (Phi) is 2.28. The lowest BCUT2D eigenvalue weighted by Gasteiger charge is -2.12. The van der Waals surface area contributed by atoms with Crippen LogP contribution in [-0.4, -0.2) is 0 Å². The average molecular weight is 184 g/mol. The van der Waals surface area contributed by atoms with Crippen molar-refractivity contribution in [2.75, 3.05) is 0 Å². The van der Waals surface area contributed by atoms with Gasteiger partial charge in [-0.25, -0.2) is 0 Å². The van der Waals surface area contributed by atoms with Gasteiger partial charge in [0.2, 0.25) is 0 Å². The van der Waals surface area contributed by atoms with Crippen molar-refractivity contribution in [1.82, 2.24) is 0 Å². The standard InChI is InChI=1S/C14H16/c1-10-8-9-11(2)13-6-4-5-7-14(13)12(10)3/h4-7,10H,2-3,8-9H2,1H3. The monoisotopic (exact) mass is 184 g/mol. The number of hydrogen-bond donors (Lipinski definition) is 0. The molecule has 1 unspecified atom stereocenters. The summed E-state index contributed by atoms with van der Waals surface area (Å²) in [4.78, 5) is 0. The first-order chi connectivity index (χ1) is 6.70. The van der Waals surface area contributed by atoms with Gasteiger partial charge in [-0.1, -0.05) is 44.3 Å². The molecule has 0 saturated heterocycles. The van der Waals surface area contributed by atoms with Gasteiger partial charge in [0.1, 0.15) is 0 Å². The van der Waals surface area contributed by atoms with Crippen molar-refractivity contribution < 1.29 is 0 Å². The molecule has 2 rings (SSSR count). The molecule has 1 aliphatic carbocycles. The van der Waals surface area contributed by atoms with Gasteiger partial charge in [-0.05, 0) is 41.0 Å². The third kappa shape index (κ3) is 1.41. The second-order valence-electron chi connectivity index (χ2n) is 4.11. The van der Waals surface area contributed by atoms with Crippen LogP contribution in [-0.2, 0) is 0 Å². The molecule has 0 nitrogen and oxygen atoms in total. The number of hydrogen-bond acceptors (Lipinski definition) is 0. The van der Waals surface area contributed by atoms with Crippen molar-refractivity contribution in [2.24, 2.45) is 5.92 Å². The SMILES string of the molecule is C=C1CCC(C)C(=C)c2ccccc21. The molecule has 1 aromatic carbocycles. The van der Waals surface area contributed by atoms with E-state index in [4.69, 9.17) is 0 Å². The normalized spacial score (nSPS) is 21.6. The predicted octanol–water partition coefficient (Wildman–Crippen LogP) is 4.14. The van der Waals surface area contributed by atoms with E-state index in [1.54, 1.807) is 0 Å². The van der Waals surface area contributed by atoms with Gasteiger partial charge in [-0.2, -0.15) is 0 Å². The van der Waals surface area contributed by atoms with E-state index < -0.39 is 0 Å². The van der Waals surface area contributed by atoms with E-state index in [-0.39, 0.29) is 0 Å². The molecule has 0 heterocycles. The molecule has 1 aliphatic rings. The van der Waals surface area contributed by atoms with Gasteiger partial charge in [0.15, 0.2) is 0 Å². The van der Waals surface area contributed by atoms with Crippen molar-refractivity contribution in [1.29, 1.82) is 0 Å². The Labute approximate surface area is 86.0 Å². The van der Waals surface area contributed by atoms with Crippen LogP contribution in [0.1, 0.15) is 30.9 Å². The Hall–Kier alpha value is -1.30. The van der Waals surface area contributed by atoms with E-state index >= 15 is 0 Å². The highest BCUT2D eigenvalue weighted by Crippen LogP contribution is 2.36. The van der Waals surface area contributed by atoms with Crippen molar-refractivity contribution in [3.05, 3.63) is 48.6 Å². The highest BCUT2D eigenvalue weighted by Gasteiger charge is 2.18. The molecule has 72 valence electrons. The minimum Gasteiger partial charge on any atom is -0.0952 e. The third-order valence-corrected chi connectivity index (χ3v) is 3.13. The summed E-state index contributed by atoms with van der Waals surface area (Å²) >= 11 is 0. The van der Waals surface area contributed by atoms with Crippen molar-refractivity contribution in [2.45, 2.75) is 19.8 Å². The molecule has 0 aliphatic heterocycles. The third-order valence-electron chi connectivity index (χ3n) is 3.13. The van der Waals surface area contributed by atoms with Gasteiger partial charge in [0, 0.05) is 0 Å². The lowest BCUT2D eigenvalue weighted by atomic mass is 9.93. The highest BCUT2D eigenvalue weighted by molar-refractivity contribution is 5.80. The molecule has 1 atom stereocenters. The summed E-state index contributed by atoms with van der Waals surface area (Å²) in [5.74, 6) is 0.579. The quantitative estimate of drug-likeness (QED) is 0.531. The van der Waals surface area contributed by atoms with E-state index in [0.717, 1.165) is 6.42 Å². The van der Waals surface area contributed by atoms with Gasteiger partial charge < -0.3 is 0 Å². The molecular formula is C14H16. The number of benzene rings is 1. The van der Waals surface area contributed by atoms with E-state index in [2.05, 4.69) is 44.3 Å². The smallest absolute Gasteiger partial charge is 0.0153 e. The fourth-order valence-corrected chi connectivity index (χ4v) is 2.04. The number of allylic oxidation sites excluding steroid dienone is 2. The lowest BCUT2D eigenvalue weighted by molar-refractivity contribution is 0.689. The Morgan fingerprint density at radius 1 is 1.14 bits per heavy atom. The van der Waals surface area contributed by atoms with Gasteiger partial charge in [-0.15, -0.1) is 0 Å². The average Bonchev–Trinajstić information content (AvgIpc) is 2.33. The van der Waals surface area contributed by atoms with E-state index in [0.29, 0.717) is 5.92 Å². The van der Waals surface area contributed by atoms with Crippen molar-refractivity contribution >= 4 is 11.1 Å². The molecule has 0 N–H and O–H groups in total. The van der Waals surface area contributed by atoms with Gasteiger partial charge in [0.25, 0.3) is 0 Å². The van der Waals surface area contributed by atoms with Gasteiger partial charge >= 0.3 is 0 Å². The summed E-state index contributed by atoms with van der Waals surface area (Å²) in [7, 11) is 0. The molecule has 0 spiro atoms. The zero-order chi connectivity index (χ0) is 10.1. The van der Waals surface area contributed by atoms with Gasteiger partial charge in [0.05, 0.1) is 0 Å². The molecule has 1 aromatic rings. The summed E-state index contributed by atoms with van der Waals surface area (Å²) in [5, 5.41) is 0. The maximum absolute atomic E-state index is 4.19. The van der Waals surface area contributed by atoms with E-state index in [1.165, 1.54) is 28.7 Å². The molecule has 0 fully saturated rings. The summed E-state index contributed by atoms with van der Waals surface area (Å²) in [5.41, 5.74) is 5.11. The van der Waals surface area contributed by atoms with E-state index in [9.17, 15) is 0 Å². The predicted molar refractivity (Wildman–Crippen MR) is 62.9 cm³/mol. The largest absolute Gasteiger partial charge is 0.0952 e. The first-order valence-electron chi connectivity index (χ1n) is 5.16. The fraction of sp³-hybridized carbons (Fsp3) is 0.286. The first kappa shape index (κ1) is 9.26. The van der Waals surface area contributed by atoms with Crippen LogP contribution in [0.4, 0.5) is 0 Å². The fourth-order valence-electron chi connectivity index (χ4n) is 2.04. The Balaban J connectivity index is 2.57. The second kappa shape index (κ2) is 3.45. The van der Waals surface area contributed by atoms with Crippen LogP contribution >= 0.6 is 0 Å². The molecule has 0 amide bonds. The Morgan fingerprint density at radius 3 is 2.50 bits per heavy atom. The maximum Gasteiger partial charge on any atom is -0.0153 e. The molecule has 0 heteroatoms. The van der Waals surface area contributed by atoms with Crippen molar-refractivity contribution in [3.8, 4) is 0 Å². The zero-order valence-electron chi connectivity index (χ0n) is 8.72. The lowest BCUT2D eigenvalue weighted by Crippen LogP contribution is -1.95. The van der Waals surface area contributed by atoms with E-state index in [1.807, 2.05) is 0 Å². The molecule has 0 saturated carbocycles. The van der Waals surface area contributed by atoms with Crippen molar-refractivity contribution in [3.63, 3.8) is 0 Å². The van der Waals surface area contributed by atoms with Gasteiger partial charge in [-0.3, -0.25) is 0 Å². The summed E-state index contributed by atoms with van der Waals surface area (Å²) < 4.78 is 0. The van der Waals surface area contributed by atoms with Crippen LogP contribution < -0.4 is 0 Å². The van der Waals surface area contributed by atoms with Crippen LogP contribution in [0, 0.1) is 5.92 Å². The number of fused-ring (bicyclic) bond motifs is 1. The Morgan fingerprint density at radius 2 is 1.79 bits per heavy atom.